The van der Waals surface area contributed by atoms with Crippen LogP contribution in [0.1, 0.15) is 19.8 Å². The van der Waals surface area contributed by atoms with Gasteiger partial charge in [0.1, 0.15) is 0 Å². The Balaban J connectivity index is 2.32. The fraction of sp³-hybridized carbons (Fsp3) is 0.500. The van der Waals surface area contributed by atoms with Crippen molar-refractivity contribution in [2.45, 2.75) is 19.8 Å². The number of esters is 1. The molecule has 0 saturated heterocycles. The molecule has 0 amide bonds. The van der Waals surface area contributed by atoms with Crippen LogP contribution in [0, 0.1) is 5.92 Å². The van der Waals surface area contributed by atoms with Gasteiger partial charge in [-0.25, -0.2) is 0 Å². The number of hydrogen-bond acceptors (Lipinski definition) is 2. The summed E-state index contributed by atoms with van der Waals surface area (Å²) in [6.45, 7) is 2.31. The number of rotatable bonds is 3. The van der Waals surface area contributed by atoms with Gasteiger partial charge in [0, 0.05) is 3.58 Å². The Labute approximate surface area is 92.2 Å². The summed E-state index contributed by atoms with van der Waals surface area (Å²) in [4.78, 5) is 11.1. The van der Waals surface area contributed by atoms with Gasteiger partial charge in [0.2, 0.25) is 0 Å². The van der Waals surface area contributed by atoms with Crippen molar-refractivity contribution >= 4 is 28.6 Å². The Bertz CT molecular complexity index is 243. The highest BCUT2D eigenvalue weighted by atomic mass is 127. The molecular weight excluding hydrogens is 279 g/mol. The molecule has 3 heteroatoms. The molecule has 0 aromatic carbocycles. The minimum atomic E-state index is -0.0949. The van der Waals surface area contributed by atoms with E-state index in [1.807, 2.05) is 13.0 Å². The maximum absolute atomic E-state index is 11.1. The molecule has 0 spiro atoms. The molecule has 0 heterocycles. The minimum absolute atomic E-state index is 0.0949. The van der Waals surface area contributed by atoms with Gasteiger partial charge in [-0.1, -0.05) is 18.2 Å². The molecule has 1 atom stereocenters. The van der Waals surface area contributed by atoms with Crippen molar-refractivity contribution in [2.75, 3.05) is 6.61 Å². The number of allylic oxidation sites excluding steroid dienone is 4. The largest absolute Gasteiger partial charge is 0.466 e. The highest BCUT2D eigenvalue weighted by Gasteiger charge is 2.12. The monoisotopic (exact) mass is 292 g/mol. The van der Waals surface area contributed by atoms with Crippen LogP contribution < -0.4 is 0 Å². The van der Waals surface area contributed by atoms with E-state index in [1.54, 1.807) is 0 Å². The van der Waals surface area contributed by atoms with Crippen LogP contribution in [-0.4, -0.2) is 12.6 Å². The van der Waals surface area contributed by atoms with Crippen molar-refractivity contribution in [3.05, 3.63) is 21.8 Å². The summed E-state index contributed by atoms with van der Waals surface area (Å²) in [5, 5.41) is 0. The zero-order chi connectivity index (χ0) is 9.68. The number of hydrogen-bond donors (Lipinski definition) is 0. The van der Waals surface area contributed by atoms with E-state index in [0.717, 1.165) is 6.42 Å². The van der Waals surface area contributed by atoms with Gasteiger partial charge in [-0.15, -0.1) is 0 Å². The van der Waals surface area contributed by atoms with E-state index in [4.69, 9.17) is 4.74 Å². The molecule has 0 radical (unpaired) electrons. The third-order valence-corrected chi connectivity index (χ3v) is 2.68. The SMILES string of the molecule is CCOC(=O)CC1C=CC(I)=CC1. The summed E-state index contributed by atoms with van der Waals surface area (Å²) in [6, 6.07) is 0. The average Bonchev–Trinajstić information content (AvgIpc) is 2.09. The topological polar surface area (TPSA) is 26.3 Å². The van der Waals surface area contributed by atoms with Gasteiger partial charge in [-0.05, 0) is 41.9 Å². The Hall–Kier alpha value is -0.320. The number of carbonyl (C=O) groups is 1. The van der Waals surface area contributed by atoms with Gasteiger partial charge in [-0.3, -0.25) is 4.79 Å². The van der Waals surface area contributed by atoms with Gasteiger partial charge in [0.15, 0.2) is 0 Å². The summed E-state index contributed by atoms with van der Waals surface area (Å²) in [5.74, 6) is 0.236. The quantitative estimate of drug-likeness (QED) is 0.590. The van der Waals surface area contributed by atoms with Crippen molar-refractivity contribution < 1.29 is 9.53 Å². The fourth-order valence-corrected chi connectivity index (χ4v) is 1.69. The van der Waals surface area contributed by atoms with Crippen LogP contribution >= 0.6 is 22.6 Å². The van der Waals surface area contributed by atoms with Gasteiger partial charge < -0.3 is 4.74 Å². The van der Waals surface area contributed by atoms with Gasteiger partial charge in [-0.2, -0.15) is 0 Å². The van der Waals surface area contributed by atoms with E-state index in [9.17, 15) is 4.79 Å². The molecule has 72 valence electrons. The molecule has 13 heavy (non-hydrogen) atoms. The smallest absolute Gasteiger partial charge is 0.306 e. The predicted molar refractivity (Wildman–Crippen MR) is 60.6 cm³/mol. The van der Waals surface area contributed by atoms with Crippen molar-refractivity contribution in [1.82, 2.24) is 0 Å². The van der Waals surface area contributed by atoms with Crippen molar-refractivity contribution in [3.8, 4) is 0 Å². The van der Waals surface area contributed by atoms with Gasteiger partial charge >= 0.3 is 5.97 Å². The lowest BCUT2D eigenvalue weighted by molar-refractivity contribution is -0.143. The molecule has 0 aromatic rings. The lowest BCUT2D eigenvalue weighted by Crippen LogP contribution is -2.10. The molecule has 1 rings (SSSR count). The summed E-state index contributed by atoms with van der Waals surface area (Å²) in [7, 11) is 0. The zero-order valence-electron chi connectivity index (χ0n) is 7.63. The maximum atomic E-state index is 11.1. The first kappa shape index (κ1) is 10.8. The predicted octanol–water partition coefficient (Wildman–Crippen LogP) is 2.83. The molecule has 1 aliphatic carbocycles. The number of ether oxygens (including phenoxy) is 1. The van der Waals surface area contributed by atoms with Crippen molar-refractivity contribution in [1.29, 1.82) is 0 Å². The first-order valence-electron chi connectivity index (χ1n) is 4.42. The van der Waals surface area contributed by atoms with E-state index in [2.05, 4.69) is 34.7 Å². The third kappa shape index (κ3) is 3.93. The first-order chi connectivity index (χ1) is 6.22. The van der Waals surface area contributed by atoms with Crippen LogP contribution in [-0.2, 0) is 9.53 Å². The maximum Gasteiger partial charge on any atom is 0.306 e. The Morgan fingerprint density at radius 3 is 3.08 bits per heavy atom. The van der Waals surface area contributed by atoms with Crippen molar-refractivity contribution in [3.63, 3.8) is 0 Å². The summed E-state index contributed by atoms with van der Waals surface area (Å²) in [5.41, 5.74) is 0. The first-order valence-corrected chi connectivity index (χ1v) is 5.49. The Morgan fingerprint density at radius 1 is 1.77 bits per heavy atom. The summed E-state index contributed by atoms with van der Waals surface area (Å²) < 4.78 is 6.12. The molecule has 0 bridgehead atoms. The van der Waals surface area contributed by atoms with Gasteiger partial charge in [0.25, 0.3) is 0 Å². The molecule has 1 aliphatic rings. The van der Waals surface area contributed by atoms with Crippen molar-refractivity contribution in [2.24, 2.45) is 5.92 Å². The van der Waals surface area contributed by atoms with Crippen LogP contribution in [0.25, 0.3) is 0 Å². The lowest BCUT2D eigenvalue weighted by Gasteiger charge is -2.12. The normalized spacial score (nSPS) is 21.1. The molecule has 1 unspecified atom stereocenters. The second-order valence-corrected chi connectivity index (χ2v) is 4.20. The lowest BCUT2D eigenvalue weighted by atomic mass is 9.98. The fourth-order valence-electron chi connectivity index (χ4n) is 1.22. The van der Waals surface area contributed by atoms with E-state index in [1.165, 1.54) is 3.58 Å². The molecule has 0 aromatic heterocycles. The van der Waals surface area contributed by atoms with Gasteiger partial charge in [0.05, 0.1) is 13.0 Å². The van der Waals surface area contributed by atoms with Crippen LogP contribution in [0.15, 0.2) is 21.8 Å². The van der Waals surface area contributed by atoms with E-state index < -0.39 is 0 Å². The minimum Gasteiger partial charge on any atom is -0.466 e. The Morgan fingerprint density at radius 2 is 2.54 bits per heavy atom. The molecular formula is C10H13IO2. The number of carbonyl (C=O) groups excluding carboxylic acids is 1. The molecule has 0 saturated carbocycles. The molecule has 0 fully saturated rings. The molecule has 2 nitrogen and oxygen atoms in total. The zero-order valence-corrected chi connectivity index (χ0v) is 9.78. The Kier molecular flexibility index (Phi) is 4.48. The van der Waals surface area contributed by atoms with Crippen LogP contribution in [0.4, 0.5) is 0 Å². The van der Waals surface area contributed by atoms with E-state index in [-0.39, 0.29) is 5.97 Å². The highest BCUT2D eigenvalue weighted by molar-refractivity contribution is 14.1. The molecule has 0 aliphatic heterocycles. The molecule has 0 N–H and O–H groups in total. The van der Waals surface area contributed by atoms with E-state index in [0.29, 0.717) is 18.9 Å². The second kappa shape index (κ2) is 5.42. The van der Waals surface area contributed by atoms with Crippen LogP contribution in [0.3, 0.4) is 0 Å². The third-order valence-electron chi connectivity index (χ3n) is 1.88. The summed E-state index contributed by atoms with van der Waals surface area (Å²) in [6.07, 6.45) is 7.73. The van der Waals surface area contributed by atoms with Crippen LogP contribution in [0.5, 0.6) is 0 Å². The standard InChI is InChI=1S/C10H13IO2/c1-2-13-10(12)7-8-3-5-9(11)6-4-8/h3,5-6,8H,2,4,7H2,1H3. The highest BCUT2D eigenvalue weighted by Crippen LogP contribution is 2.22. The number of halogens is 1. The second-order valence-electron chi connectivity index (χ2n) is 2.95. The average molecular weight is 292 g/mol. The summed E-state index contributed by atoms with van der Waals surface area (Å²) >= 11 is 2.28. The van der Waals surface area contributed by atoms with Crippen LogP contribution in [0.2, 0.25) is 0 Å². The van der Waals surface area contributed by atoms with E-state index >= 15 is 0 Å².